The van der Waals surface area contributed by atoms with Gasteiger partial charge in [0, 0.05) is 11.7 Å². The molecule has 1 aromatic rings. The summed E-state index contributed by atoms with van der Waals surface area (Å²) >= 11 is 5.73. The first-order chi connectivity index (χ1) is 9.22. The Morgan fingerprint density at radius 3 is 2.79 bits per heavy atom. The average molecular weight is 280 g/mol. The summed E-state index contributed by atoms with van der Waals surface area (Å²) in [6.45, 7) is 0. The Morgan fingerprint density at radius 1 is 1.11 bits per heavy atom. The van der Waals surface area contributed by atoms with E-state index in [-0.39, 0.29) is 10.8 Å². The molecule has 0 heterocycles. The number of rotatable bonds is 2. The molecule has 1 nitrogen and oxygen atoms in total. The quantitative estimate of drug-likeness (QED) is 0.826. The van der Waals surface area contributed by atoms with Gasteiger partial charge in [-0.1, -0.05) is 18.0 Å². The molecule has 3 aliphatic rings. The van der Waals surface area contributed by atoms with Crippen LogP contribution in [0.3, 0.4) is 0 Å². The number of benzene rings is 1. The number of nitrogens with one attached hydrogen (secondary N) is 1. The zero-order chi connectivity index (χ0) is 13.0. The number of hydrogen-bond donors (Lipinski definition) is 1. The molecular weight excluding hydrogens is 261 g/mol. The Balaban J connectivity index is 1.51. The van der Waals surface area contributed by atoms with Gasteiger partial charge in [-0.25, -0.2) is 4.39 Å². The molecule has 2 bridgehead atoms. The third-order valence-electron chi connectivity index (χ3n) is 5.70. The molecule has 0 amide bonds. The topological polar surface area (TPSA) is 12.0 Å². The van der Waals surface area contributed by atoms with E-state index >= 15 is 0 Å². The summed E-state index contributed by atoms with van der Waals surface area (Å²) < 4.78 is 13.5. The lowest BCUT2D eigenvalue weighted by molar-refractivity contribution is 0.243. The summed E-state index contributed by atoms with van der Waals surface area (Å²) in [7, 11) is 0. The molecule has 1 aromatic carbocycles. The standard InChI is InChI=1S/C16H19ClFN/c17-14-5-4-10(8-15(14)18)19-16-7-9-6-13(16)12-3-1-2-11(9)12/h4-5,8-9,11-13,16,19H,1-3,6-7H2. The van der Waals surface area contributed by atoms with Gasteiger partial charge in [-0.2, -0.15) is 0 Å². The van der Waals surface area contributed by atoms with Crippen LogP contribution >= 0.6 is 11.6 Å². The summed E-state index contributed by atoms with van der Waals surface area (Å²) in [5.74, 6) is 3.36. The van der Waals surface area contributed by atoms with E-state index in [1.54, 1.807) is 6.07 Å². The highest BCUT2D eigenvalue weighted by Crippen LogP contribution is 2.59. The normalized spacial score (nSPS) is 39.6. The van der Waals surface area contributed by atoms with Gasteiger partial charge >= 0.3 is 0 Å². The molecule has 0 saturated heterocycles. The van der Waals surface area contributed by atoms with Crippen molar-refractivity contribution in [3.8, 4) is 0 Å². The highest BCUT2D eigenvalue weighted by molar-refractivity contribution is 6.30. The van der Waals surface area contributed by atoms with Gasteiger partial charge in [0.25, 0.3) is 0 Å². The number of hydrogen-bond acceptors (Lipinski definition) is 1. The van der Waals surface area contributed by atoms with Crippen LogP contribution in [-0.2, 0) is 0 Å². The number of fused-ring (bicyclic) bond motifs is 5. The fraction of sp³-hybridized carbons (Fsp3) is 0.625. The highest BCUT2D eigenvalue weighted by atomic mass is 35.5. The first-order valence-corrected chi connectivity index (χ1v) is 7.82. The summed E-state index contributed by atoms with van der Waals surface area (Å²) in [5, 5.41) is 3.76. The maximum atomic E-state index is 13.5. The van der Waals surface area contributed by atoms with E-state index in [9.17, 15) is 4.39 Å². The van der Waals surface area contributed by atoms with Crippen LogP contribution in [-0.4, -0.2) is 6.04 Å². The zero-order valence-electron chi connectivity index (χ0n) is 10.9. The van der Waals surface area contributed by atoms with Crippen molar-refractivity contribution in [3.05, 3.63) is 29.0 Å². The van der Waals surface area contributed by atoms with Gasteiger partial charge in [-0.15, -0.1) is 0 Å². The molecular formula is C16H19ClFN. The van der Waals surface area contributed by atoms with E-state index in [0.717, 1.165) is 29.4 Å². The largest absolute Gasteiger partial charge is 0.382 e. The van der Waals surface area contributed by atoms with E-state index in [2.05, 4.69) is 5.32 Å². The van der Waals surface area contributed by atoms with Crippen molar-refractivity contribution in [2.24, 2.45) is 23.7 Å². The van der Waals surface area contributed by atoms with Crippen molar-refractivity contribution in [2.75, 3.05) is 5.32 Å². The first-order valence-electron chi connectivity index (χ1n) is 7.44. The van der Waals surface area contributed by atoms with E-state index in [1.165, 1.54) is 38.2 Å². The molecule has 3 fully saturated rings. The molecule has 3 aliphatic carbocycles. The number of halogens is 2. The fourth-order valence-corrected chi connectivity index (χ4v) is 5.15. The minimum atomic E-state index is -0.325. The van der Waals surface area contributed by atoms with Crippen LogP contribution in [0.1, 0.15) is 32.1 Å². The Morgan fingerprint density at radius 2 is 1.95 bits per heavy atom. The van der Waals surface area contributed by atoms with Crippen LogP contribution in [0.15, 0.2) is 18.2 Å². The van der Waals surface area contributed by atoms with Gasteiger partial charge in [0.15, 0.2) is 0 Å². The molecule has 3 heteroatoms. The molecule has 5 unspecified atom stereocenters. The van der Waals surface area contributed by atoms with Gasteiger partial charge in [0.05, 0.1) is 5.02 Å². The zero-order valence-corrected chi connectivity index (χ0v) is 11.7. The number of anilines is 1. The van der Waals surface area contributed by atoms with Gasteiger partial charge in [0.1, 0.15) is 5.82 Å². The molecule has 0 aliphatic heterocycles. The summed E-state index contributed by atoms with van der Waals surface area (Å²) in [4.78, 5) is 0. The van der Waals surface area contributed by atoms with Gasteiger partial charge < -0.3 is 5.32 Å². The maximum absolute atomic E-state index is 13.5. The minimum Gasteiger partial charge on any atom is -0.382 e. The van der Waals surface area contributed by atoms with Crippen LogP contribution in [0, 0.1) is 29.5 Å². The lowest BCUT2D eigenvalue weighted by Crippen LogP contribution is -2.33. The first kappa shape index (κ1) is 12.0. The fourth-order valence-electron chi connectivity index (χ4n) is 5.03. The molecule has 3 saturated carbocycles. The lowest BCUT2D eigenvalue weighted by Gasteiger charge is -2.32. The smallest absolute Gasteiger partial charge is 0.143 e. The van der Waals surface area contributed by atoms with Crippen LogP contribution < -0.4 is 5.32 Å². The monoisotopic (exact) mass is 279 g/mol. The van der Waals surface area contributed by atoms with Crippen molar-refractivity contribution in [1.82, 2.24) is 0 Å². The molecule has 0 aromatic heterocycles. The third-order valence-corrected chi connectivity index (χ3v) is 6.01. The second-order valence-electron chi connectivity index (χ2n) is 6.53. The minimum absolute atomic E-state index is 0.203. The van der Waals surface area contributed by atoms with E-state index in [4.69, 9.17) is 11.6 Å². The van der Waals surface area contributed by atoms with Crippen LogP contribution in [0.25, 0.3) is 0 Å². The van der Waals surface area contributed by atoms with Gasteiger partial charge in [-0.3, -0.25) is 0 Å². The van der Waals surface area contributed by atoms with E-state index < -0.39 is 0 Å². The van der Waals surface area contributed by atoms with E-state index in [0.29, 0.717) is 6.04 Å². The van der Waals surface area contributed by atoms with Crippen LogP contribution in [0.4, 0.5) is 10.1 Å². The molecule has 4 rings (SSSR count). The average Bonchev–Trinajstić information content (AvgIpc) is 3.05. The summed E-state index contributed by atoms with van der Waals surface area (Å²) in [6, 6.07) is 5.61. The second-order valence-corrected chi connectivity index (χ2v) is 6.94. The van der Waals surface area contributed by atoms with Gasteiger partial charge in [-0.05, 0) is 67.6 Å². The second kappa shape index (κ2) is 4.37. The predicted molar refractivity (Wildman–Crippen MR) is 75.9 cm³/mol. The van der Waals surface area contributed by atoms with Crippen LogP contribution in [0.5, 0.6) is 0 Å². The Kier molecular flexibility index (Phi) is 2.77. The molecule has 102 valence electrons. The summed E-state index contributed by atoms with van der Waals surface area (Å²) in [5.41, 5.74) is 0.883. The molecule has 5 atom stereocenters. The molecule has 19 heavy (non-hydrogen) atoms. The van der Waals surface area contributed by atoms with Crippen LogP contribution in [0.2, 0.25) is 5.02 Å². The Labute approximate surface area is 118 Å². The van der Waals surface area contributed by atoms with Crippen molar-refractivity contribution in [3.63, 3.8) is 0 Å². The SMILES string of the molecule is Fc1cc(NC2CC3CC2C2CCCC32)ccc1Cl. The van der Waals surface area contributed by atoms with E-state index in [1.807, 2.05) is 6.07 Å². The van der Waals surface area contributed by atoms with Crippen molar-refractivity contribution >= 4 is 17.3 Å². The Bertz CT molecular complexity index is 504. The van der Waals surface area contributed by atoms with Gasteiger partial charge in [0.2, 0.25) is 0 Å². The van der Waals surface area contributed by atoms with Crippen molar-refractivity contribution in [2.45, 2.75) is 38.1 Å². The predicted octanol–water partition coefficient (Wildman–Crippen LogP) is 4.72. The summed E-state index contributed by atoms with van der Waals surface area (Å²) in [6.07, 6.45) is 6.96. The lowest BCUT2D eigenvalue weighted by atomic mass is 9.79. The Hall–Kier alpha value is -0.760. The molecule has 1 N–H and O–H groups in total. The molecule has 0 spiro atoms. The molecule has 0 radical (unpaired) electrons. The van der Waals surface area contributed by atoms with Crippen molar-refractivity contribution < 1.29 is 4.39 Å². The highest BCUT2D eigenvalue weighted by Gasteiger charge is 2.53. The maximum Gasteiger partial charge on any atom is 0.143 e. The third kappa shape index (κ3) is 1.87. The van der Waals surface area contributed by atoms with Crippen molar-refractivity contribution in [1.29, 1.82) is 0 Å².